The normalized spacial score (nSPS) is 25.5. The predicted molar refractivity (Wildman–Crippen MR) is 93.8 cm³/mol. The van der Waals surface area contributed by atoms with Crippen molar-refractivity contribution in [1.82, 2.24) is 4.90 Å². The predicted octanol–water partition coefficient (Wildman–Crippen LogP) is 4.26. The minimum absolute atomic E-state index is 0.422. The van der Waals surface area contributed by atoms with Gasteiger partial charge in [0.25, 0.3) is 0 Å². The van der Waals surface area contributed by atoms with Crippen LogP contribution in [0.3, 0.4) is 0 Å². The molecule has 2 fully saturated rings. The van der Waals surface area contributed by atoms with Gasteiger partial charge in [-0.05, 0) is 57.1 Å². The highest BCUT2D eigenvalue weighted by Crippen LogP contribution is 2.31. The molecule has 2 atom stereocenters. The molecule has 1 aromatic rings. The fourth-order valence-electron chi connectivity index (χ4n) is 4.47. The van der Waals surface area contributed by atoms with Crippen LogP contribution in [0.25, 0.3) is 0 Å². The third-order valence-corrected chi connectivity index (χ3v) is 5.77. The number of hydrogen-bond acceptors (Lipinski definition) is 2. The topological polar surface area (TPSA) is 29.3 Å². The van der Waals surface area contributed by atoms with Gasteiger partial charge in [0, 0.05) is 18.6 Å². The van der Waals surface area contributed by atoms with E-state index >= 15 is 0 Å². The Labute approximate surface area is 136 Å². The monoisotopic (exact) mass is 300 g/mol. The first-order chi connectivity index (χ1) is 10.7. The van der Waals surface area contributed by atoms with Gasteiger partial charge in [-0.15, -0.1) is 0 Å². The van der Waals surface area contributed by atoms with Crippen LogP contribution in [-0.4, -0.2) is 23.5 Å². The molecule has 0 spiro atoms. The first kappa shape index (κ1) is 16.0. The number of aryl methyl sites for hydroxylation is 1. The number of likely N-dealkylation sites (tertiary alicyclic amines) is 1. The number of hydrogen-bond donors (Lipinski definition) is 1. The van der Waals surface area contributed by atoms with E-state index in [0.717, 1.165) is 12.5 Å². The van der Waals surface area contributed by atoms with E-state index in [2.05, 4.69) is 36.1 Å². The van der Waals surface area contributed by atoms with Crippen LogP contribution in [0.4, 0.5) is 0 Å². The molecule has 1 saturated heterocycles. The molecule has 1 aliphatic heterocycles. The molecule has 0 radical (unpaired) electrons. The van der Waals surface area contributed by atoms with Crippen LogP contribution < -0.4 is 5.73 Å². The molecule has 2 nitrogen and oxygen atoms in total. The third-order valence-electron chi connectivity index (χ3n) is 5.77. The minimum atomic E-state index is 0.422. The van der Waals surface area contributed by atoms with E-state index in [1.807, 2.05) is 0 Å². The molecule has 0 aromatic heterocycles. The molecule has 0 bridgehead atoms. The third kappa shape index (κ3) is 4.11. The summed E-state index contributed by atoms with van der Waals surface area (Å²) in [7, 11) is 0. The summed E-state index contributed by atoms with van der Waals surface area (Å²) in [6.45, 7) is 4.53. The van der Waals surface area contributed by atoms with Crippen molar-refractivity contribution in [3.63, 3.8) is 0 Å². The maximum Gasteiger partial charge on any atom is 0.0236 e. The van der Waals surface area contributed by atoms with E-state index in [-0.39, 0.29) is 0 Å². The summed E-state index contributed by atoms with van der Waals surface area (Å²) in [5, 5.41) is 0. The molecular weight excluding hydrogens is 268 g/mol. The SMILES string of the molecule is Cc1cccc(CN2CCCCC2CC(N)C2CCCC2)c1. The van der Waals surface area contributed by atoms with Crippen molar-refractivity contribution in [3.8, 4) is 0 Å². The molecule has 1 saturated carbocycles. The molecule has 2 heteroatoms. The second-order valence-corrected chi connectivity index (χ2v) is 7.55. The summed E-state index contributed by atoms with van der Waals surface area (Å²) < 4.78 is 0. The zero-order valence-corrected chi connectivity index (χ0v) is 14.1. The molecule has 1 aromatic carbocycles. The Bertz CT molecular complexity index is 465. The molecule has 122 valence electrons. The molecule has 2 unspecified atom stereocenters. The summed E-state index contributed by atoms with van der Waals surface area (Å²) in [5.74, 6) is 0.794. The summed E-state index contributed by atoms with van der Waals surface area (Å²) in [4.78, 5) is 2.70. The lowest BCUT2D eigenvalue weighted by atomic mass is 9.88. The molecular formula is C20H32N2. The second-order valence-electron chi connectivity index (χ2n) is 7.55. The van der Waals surface area contributed by atoms with Crippen LogP contribution in [0.1, 0.15) is 62.5 Å². The van der Waals surface area contributed by atoms with Gasteiger partial charge in [0.15, 0.2) is 0 Å². The highest BCUT2D eigenvalue weighted by molar-refractivity contribution is 5.22. The Balaban J connectivity index is 1.60. The Hall–Kier alpha value is -0.860. The fraction of sp³-hybridized carbons (Fsp3) is 0.700. The van der Waals surface area contributed by atoms with E-state index < -0.39 is 0 Å². The van der Waals surface area contributed by atoms with Crippen LogP contribution >= 0.6 is 0 Å². The van der Waals surface area contributed by atoms with E-state index in [1.54, 1.807) is 0 Å². The van der Waals surface area contributed by atoms with Crippen molar-refractivity contribution in [3.05, 3.63) is 35.4 Å². The number of nitrogens with two attached hydrogens (primary N) is 1. The molecule has 1 heterocycles. The smallest absolute Gasteiger partial charge is 0.0236 e. The van der Waals surface area contributed by atoms with Crippen molar-refractivity contribution in [2.75, 3.05) is 6.54 Å². The number of nitrogens with zero attached hydrogens (tertiary/aromatic N) is 1. The lowest BCUT2D eigenvalue weighted by Gasteiger charge is -2.38. The Morgan fingerprint density at radius 3 is 2.68 bits per heavy atom. The maximum absolute atomic E-state index is 6.56. The number of rotatable bonds is 5. The van der Waals surface area contributed by atoms with Gasteiger partial charge >= 0.3 is 0 Å². The second kappa shape index (κ2) is 7.61. The van der Waals surface area contributed by atoms with Crippen LogP contribution in [-0.2, 0) is 6.54 Å². The van der Waals surface area contributed by atoms with Gasteiger partial charge in [-0.1, -0.05) is 49.1 Å². The number of benzene rings is 1. The van der Waals surface area contributed by atoms with Crippen LogP contribution in [0.2, 0.25) is 0 Å². The molecule has 1 aliphatic carbocycles. The molecule has 2 N–H and O–H groups in total. The highest BCUT2D eigenvalue weighted by Gasteiger charge is 2.28. The summed E-state index contributed by atoms with van der Waals surface area (Å²) in [5.41, 5.74) is 9.39. The summed E-state index contributed by atoms with van der Waals surface area (Å²) in [6.07, 6.45) is 10.8. The van der Waals surface area contributed by atoms with Gasteiger partial charge in [0.2, 0.25) is 0 Å². The van der Waals surface area contributed by atoms with Gasteiger partial charge in [-0.3, -0.25) is 4.90 Å². The van der Waals surface area contributed by atoms with Crippen molar-refractivity contribution >= 4 is 0 Å². The highest BCUT2D eigenvalue weighted by atomic mass is 15.2. The Kier molecular flexibility index (Phi) is 5.54. The zero-order chi connectivity index (χ0) is 15.4. The summed E-state index contributed by atoms with van der Waals surface area (Å²) in [6, 6.07) is 10.1. The Morgan fingerprint density at radius 1 is 1.14 bits per heavy atom. The van der Waals surface area contributed by atoms with Gasteiger partial charge in [0.05, 0.1) is 0 Å². The molecule has 2 aliphatic rings. The van der Waals surface area contributed by atoms with E-state index in [4.69, 9.17) is 5.73 Å². The van der Waals surface area contributed by atoms with Gasteiger partial charge in [0.1, 0.15) is 0 Å². The van der Waals surface area contributed by atoms with Crippen molar-refractivity contribution in [2.24, 2.45) is 11.7 Å². The molecule has 3 rings (SSSR count). The van der Waals surface area contributed by atoms with Crippen LogP contribution in [0.15, 0.2) is 24.3 Å². The first-order valence-corrected chi connectivity index (χ1v) is 9.27. The van der Waals surface area contributed by atoms with Gasteiger partial charge in [-0.2, -0.15) is 0 Å². The van der Waals surface area contributed by atoms with E-state index in [1.165, 1.54) is 69.0 Å². The standard InChI is InChI=1S/C20H32N2/c1-16-7-6-8-17(13-16)15-22-12-5-4-11-19(22)14-20(21)18-9-2-3-10-18/h6-8,13,18-20H,2-5,9-12,14-15,21H2,1H3. The maximum atomic E-state index is 6.56. The van der Waals surface area contributed by atoms with Crippen LogP contribution in [0.5, 0.6) is 0 Å². The lowest BCUT2D eigenvalue weighted by Crippen LogP contribution is -2.44. The number of piperidine rings is 1. The summed E-state index contributed by atoms with van der Waals surface area (Å²) >= 11 is 0. The quantitative estimate of drug-likeness (QED) is 0.880. The van der Waals surface area contributed by atoms with E-state index in [0.29, 0.717) is 12.1 Å². The first-order valence-electron chi connectivity index (χ1n) is 9.27. The molecule has 22 heavy (non-hydrogen) atoms. The van der Waals surface area contributed by atoms with Crippen molar-refractivity contribution < 1.29 is 0 Å². The van der Waals surface area contributed by atoms with E-state index in [9.17, 15) is 0 Å². The van der Waals surface area contributed by atoms with Crippen molar-refractivity contribution in [2.45, 2.75) is 76.9 Å². The minimum Gasteiger partial charge on any atom is -0.327 e. The zero-order valence-electron chi connectivity index (χ0n) is 14.1. The van der Waals surface area contributed by atoms with Crippen LogP contribution in [0, 0.1) is 12.8 Å². The Morgan fingerprint density at radius 2 is 1.91 bits per heavy atom. The van der Waals surface area contributed by atoms with Gasteiger partial charge in [-0.25, -0.2) is 0 Å². The largest absolute Gasteiger partial charge is 0.327 e. The average Bonchev–Trinajstić information content (AvgIpc) is 3.04. The van der Waals surface area contributed by atoms with Crippen molar-refractivity contribution in [1.29, 1.82) is 0 Å². The molecule has 0 amide bonds. The lowest BCUT2D eigenvalue weighted by molar-refractivity contribution is 0.119. The van der Waals surface area contributed by atoms with Gasteiger partial charge < -0.3 is 5.73 Å². The average molecular weight is 300 g/mol. The fourth-order valence-corrected chi connectivity index (χ4v) is 4.47.